The predicted octanol–water partition coefficient (Wildman–Crippen LogP) is 3.64. The van der Waals surface area contributed by atoms with Crippen molar-refractivity contribution >= 4 is 17.6 Å². The van der Waals surface area contributed by atoms with Crippen LogP contribution in [0.3, 0.4) is 0 Å². The summed E-state index contributed by atoms with van der Waals surface area (Å²) in [4.78, 5) is 9.44. The normalized spacial score (nSPS) is 11.7. The van der Waals surface area contributed by atoms with Crippen LogP contribution in [0.1, 0.15) is 45.5 Å². The Kier molecular flexibility index (Phi) is 6.76. The summed E-state index contributed by atoms with van der Waals surface area (Å²) in [6.07, 6.45) is 1.08. The Bertz CT molecular complexity index is 430. The fourth-order valence-electron chi connectivity index (χ4n) is 1.61. The standard InChI is InChI=1S/C15H27N3OS/c1-7-8-16-12-11(2)13(20-10-9-19-6)18-14(17-12)15(3,4)5/h7-10H2,1-6H3,(H,16,17,18). The first-order valence-corrected chi connectivity index (χ1v) is 8.13. The average molecular weight is 297 g/mol. The van der Waals surface area contributed by atoms with Gasteiger partial charge in [0.05, 0.1) is 6.61 Å². The lowest BCUT2D eigenvalue weighted by molar-refractivity contribution is 0.218. The molecule has 114 valence electrons. The first kappa shape index (κ1) is 17.2. The predicted molar refractivity (Wildman–Crippen MR) is 86.8 cm³/mol. The molecule has 0 aliphatic carbocycles. The highest BCUT2D eigenvalue weighted by Gasteiger charge is 2.21. The lowest BCUT2D eigenvalue weighted by Crippen LogP contribution is -2.19. The zero-order valence-corrected chi connectivity index (χ0v) is 14.4. The lowest BCUT2D eigenvalue weighted by Gasteiger charge is -2.20. The van der Waals surface area contributed by atoms with Crippen molar-refractivity contribution in [2.24, 2.45) is 0 Å². The fraction of sp³-hybridized carbons (Fsp3) is 0.733. The summed E-state index contributed by atoms with van der Waals surface area (Å²) in [6, 6.07) is 0. The molecule has 1 rings (SSSR count). The smallest absolute Gasteiger partial charge is 0.137 e. The minimum atomic E-state index is -0.0487. The molecule has 0 radical (unpaired) electrons. The van der Waals surface area contributed by atoms with Gasteiger partial charge in [0, 0.05) is 30.4 Å². The van der Waals surface area contributed by atoms with Crippen LogP contribution >= 0.6 is 11.8 Å². The summed E-state index contributed by atoms with van der Waals surface area (Å²) in [5.74, 6) is 2.76. The number of anilines is 1. The van der Waals surface area contributed by atoms with Gasteiger partial charge in [-0.25, -0.2) is 9.97 Å². The van der Waals surface area contributed by atoms with E-state index in [1.54, 1.807) is 18.9 Å². The second kappa shape index (κ2) is 7.84. The molecule has 1 N–H and O–H groups in total. The molecule has 0 aliphatic rings. The third kappa shape index (κ3) is 4.94. The summed E-state index contributed by atoms with van der Waals surface area (Å²) >= 11 is 1.73. The molecule has 1 heterocycles. The highest BCUT2D eigenvalue weighted by Crippen LogP contribution is 2.29. The van der Waals surface area contributed by atoms with Crippen LogP contribution in [0.5, 0.6) is 0 Å². The summed E-state index contributed by atoms with van der Waals surface area (Å²) in [5, 5.41) is 4.47. The molecule has 5 heteroatoms. The number of nitrogens with one attached hydrogen (secondary N) is 1. The molecule has 20 heavy (non-hydrogen) atoms. The third-order valence-corrected chi connectivity index (χ3v) is 3.88. The van der Waals surface area contributed by atoms with Crippen LogP contribution in [-0.2, 0) is 10.2 Å². The number of nitrogens with zero attached hydrogens (tertiary/aromatic N) is 2. The molecule has 0 fully saturated rings. The van der Waals surface area contributed by atoms with Gasteiger partial charge in [-0.2, -0.15) is 0 Å². The van der Waals surface area contributed by atoms with Gasteiger partial charge in [0.1, 0.15) is 16.7 Å². The summed E-state index contributed by atoms with van der Waals surface area (Å²) in [6.45, 7) is 12.3. The van der Waals surface area contributed by atoms with Crippen LogP contribution < -0.4 is 5.32 Å². The molecule has 0 saturated heterocycles. The molecule has 0 bridgehead atoms. The molecule has 0 atom stereocenters. The summed E-state index contributed by atoms with van der Waals surface area (Å²) in [5.41, 5.74) is 1.08. The van der Waals surface area contributed by atoms with Crippen LogP contribution in [0.15, 0.2) is 5.03 Å². The first-order chi connectivity index (χ1) is 9.40. The van der Waals surface area contributed by atoms with Crippen molar-refractivity contribution in [1.82, 2.24) is 9.97 Å². The van der Waals surface area contributed by atoms with Crippen LogP contribution in [0.25, 0.3) is 0 Å². The maximum Gasteiger partial charge on any atom is 0.137 e. The molecular formula is C15H27N3OS. The van der Waals surface area contributed by atoms with Gasteiger partial charge in [-0.3, -0.25) is 0 Å². The molecule has 0 aliphatic heterocycles. The van der Waals surface area contributed by atoms with Crippen LogP contribution in [0.4, 0.5) is 5.82 Å². The topological polar surface area (TPSA) is 47.0 Å². The van der Waals surface area contributed by atoms with E-state index in [9.17, 15) is 0 Å². The number of aromatic nitrogens is 2. The fourth-order valence-corrected chi connectivity index (χ4v) is 2.52. The van der Waals surface area contributed by atoms with Gasteiger partial charge in [-0.15, -0.1) is 11.8 Å². The molecular weight excluding hydrogens is 270 g/mol. The SMILES string of the molecule is CCCNc1nc(C(C)(C)C)nc(SCCOC)c1C. The van der Waals surface area contributed by atoms with Gasteiger partial charge < -0.3 is 10.1 Å². The Morgan fingerprint density at radius 2 is 1.95 bits per heavy atom. The minimum Gasteiger partial charge on any atom is -0.384 e. The van der Waals surface area contributed by atoms with E-state index in [4.69, 9.17) is 14.7 Å². The maximum absolute atomic E-state index is 5.12. The first-order valence-electron chi connectivity index (χ1n) is 7.14. The van der Waals surface area contributed by atoms with Gasteiger partial charge in [-0.05, 0) is 13.3 Å². The van der Waals surface area contributed by atoms with Crippen molar-refractivity contribution in [2.75, 3.05) is 31.3 Å². The molecule has 1 aromatic rings. The van der Waals surface area contributed by atoms with Gasteiger partial charge in [0.2, 0.25) is 0 Å². The van der Waals surface area contributed by atoms with Crippen molar-refractivity contribution in [3.05, 3.63) is 11.4 Å². The number of methoxy groups -OCH3 is 1. The van der Waals surface area contributed by atoms with Gasteiger partial charge in [0.25, 0.3) is 0 Å². The highest BCUT2D eigenvalue weighted by molar-refractivity contribution is 7.99. The molecule has 0 spiro atoms. The molecule has 0 unspecified atom stereocenters. The largest absolute Gasteiger partial charge is 0.384 e. The van der Waals surface area contributed by atoms with Crippen molar-refractivity contribution in [1.29, 1.82) is 0 Å². The Labute approximate surface area is 127 Å². The quantitative estimate of drug-likeness (QED) is 0.473. The lowest BCUT2D eigenvalue weighted by atomic mass is 9.95. The zero-order chi connectivity index (χ0) is 15.2. The maximum atomic E-state index is 5.12. The van der Waals surface area contributed by atoms with E-state index in [1.807, 2.05) is 0 Å². The zero-order valence-electron chi connectivity index (χ0n) is 13.5. The average Bonchev–Trinajstić information content (AvgIpc) is 2.38. The van der Waals surface area contributed by atoms with Crippen molar-refractivity contribution in [3.63, 3.8) is 0 Å². The molecule has 1 aromatic heterocycles. The number of ether oxygens (including phenoxy) is 1. The van der Waals surface area contributed by atoms with Crippen LogP contribution in [0, 0.1) is 6.92 Å². The van der Waals surface area contributed by atoms with Crippen molar-refractivity contribution < 1.29 is 4.74 Å². The Balaban J connectivity index is 3.06. The second-order valence-electron chi connectivity index (χ2n) is 5.84. The van der Waals surface area contributed by atoms with Crippen molar-refractivity contribution in [3.8, 4) is 0 Å². The number of thioether (sulfide) groups is 1. The molecule has 4 nitrogen and oxygen atoms in total. The van der Waals surface area contributed by atoms with Crippen molar-refractivity contribution in [2.45, 2.75) is 51.5 Å². The van der Waals surface area contributed by atoms with Crippen LogP contribution in [0.2, 0.25) is 0 Å². The Morgan fingerprint density at radius 1 is 1.25 bits per heavy atom. The minimum absolute atomic E-state index is 0.0487. The van der Waals surface area contributed by atoms with E-state index >= 15 is 0 Å². The van der Waals surface area contributed by atoms with E-state index in [0.29, 0.717) is 0 Å². The number of hydrogen-bond acceptors (Lipinski definition) is 5. The monoisotopic (exact) mass is 297 g/mol. The van der Waals surface area contributed by atoms with Crippen LogP contribution in [-0.4, -0.2) is 36.0 Å². The van der Waals surface area contributed by atoms with E-state index < -0.39 is 0 Å². The number of hydrogen-bond donors (Lipinski definition) is 1. The Morgan fingerprint density at radius 3 is 2.50 bits per heavy atom. The van der Waals surface area contributed by atoms with E-state index in [0.717, 1.165) is 47.6 Å². The van der Waals surface area contributed by atoms with E-state index in [1.165, 1.54) is 0 Å². The number of rotatable bonds is 7. The molecule has 0 amide bonds. The van der Waals surface area contributed by atoms with Gasteiger partial charge >= 0.3 is 0 Å². The molecule has 0 saturated carbocycles. The second-order valence-corrected chi connectivity index (χ2v) is 6.93. The molecule has 0 aromatic carbocycles. The van der Waals surface area contributed by atoms with Gasteiger partial charge in [0.15, 0.2) is 0 Å². The highest BCUT2D eigenvalue weighted by atomic mass is 32.2. The Hall–Kier alpha value is -0.810. The van der Waals surface area contributed by atoms with E-state index in [-0.39, 0.29) is 5.41 Å². The summed E-state index contributed by atoms with van der Waals surface area (Å²) < 4.78 is 5.12. The van der Waals surface area contributed by atoms with E-state index in [2.05, 4.69) is 39.9 Å². The third-order valence-electron chi connectivity index (χ3n) is 2.84. The van der Waals surface area contributed by atoms with Gasteiger partial charge in [-0.1, -0.05) is 27.7 Å². The summed E-state index contributed by atoms with van der Waals surface area (Å²) in [7, 11) is 1.72.